The van der Waals surface area contributed by atoms with Crippen LogP contribution in [0.4, 0.5) is 10.1 Å². The molecule has 1 fully saturated rings. The molecule has 1 saturated heterocycles. The van der Waals surface area contributed by atoms with E-state index in [1.165, 1.54) is 0 Å². The zero-order valence-corrected chi connectivity index (χ0v) is 17.0. The Kier molecular flexibility index (Phi) is 6.85. The Morgan fingerprint density at radius 2 is 2.14 bits per heavy atom. The van der Waals surface area contributed by atoms with Crippen LogP contribution in [0.5, 0.6) is 0 Å². The fourth-order valence-electron chi connectivity index (χ4n) is 3.64. The summed E-state index contributed by atoms with van der Waals surface area (Å²) in [6.45, 7) is 9.32. The minimum atomic E-state index is -0.181. The van der Waals surface area contributed by atoms with E-state index in [0.717, 1.165) is 60.9 Å². The lowest BCUT2D eigenvalue weighted by molar-refractivity contribution is 0.467. The summed E-state index contributed by atoms with van der Waals surface area (Å²) in [5.74, 6) is 0.634. The fourth-order valence-corrected chi connectivity index (χ4v) is 3.64. The first-order valence-corrected chi connectivity index (χ1v) is 10.0. The molecule has 28 heavy (non-hydrogen) atoms. The van der Waals surface area contributed by atoms with Crippen molar-refractivity contribution in [2.24, 2.45) is 4.99 Å². The Morgan fingerprint density at radius 3 is 2.89 bits per heavy atom. The summed E-state index contributed by atoms with van der Waals surface area (Å²) in [6, 6.07) is 9.33. The van der Waals surface area contributed by atoms with Crippen LogP contribution in [-0.2, 0) is 6.54 Å². The second-order valence-corrected chi connectivity index (χ2v) is 7.32. The van der Waals surface area contributed by atoms with E-state index in [9.17, 15) is 4.39 Å². The number of anilines is 1. The monoisotopic (exact) mass is 383 g/mol. The molecule has 3 rings (SSSR count). The van der Waals surface area contributed by atoms with Crippen molar-refractivity contribution < 1.29 is 4.39 Å². The first kappa shape index (κ1) is 20.1. The predicted molar refractivity (Wildman–Crippen MR) is 113 cm³/mol. The number of hydrogen-bond acceptors (Lipinski definition) is 3. The van der Waals surface area contributed by atoms with E-state index < -0.39 is 0 Å². The second kappa shape index (κ2) is 9.53. The average molecular weight is 384 g/mol. The van der Waals surface area contributed by atoms with Crippen molar-refractivity contribution in [3.63, 3.8) is 0 Å². The molecule has 0 bridgehead atoms. The molecule has 1 atom stereocenters. The molecule has 1 aromatic heterocycles. The van der Waals surface area contributed by atoms with Crippen LogP contribution < -0.4 is 15.5 Å². The van der Waals surface area contributed by atoms with Crippen LogP contribution in [0.15, 0.2) is 41.5 Å². The smallest absolute Gasteiger partial charge is 0.191 e. The maximum absolute atomic E-state index is 13.4. The van der Waals surface area contributed by atoms with Gasteiger partial charge in [-0.25, -0.2) is 9.38 Å². The number of rotatable bonds is 5. The molecular formula is C22H30FN5. The topological polar surface area (TPSA) is 52.6 Å². The lowest BCUT2D eigenvalue weighted by Gasteiger charge is -2.36. The van der Waals surface area contributed by atoms with E-state index >= 15 is 0 Å². The summed E-state index contributed by atoms with van der Waals surface area (Å²) in [7, 11) is 0. The van der Waals surface area contributed by atoms with Gasteiger partial charge in [0.2, 0.25) is 0 Å². The minimum absolute atomic E-state index is 0.181. The van der Waals surface area contributed by atoms with Crippen molar-refractivity contribution in [1.29, 1.82) is 0 Å². The van der Waals surface area contributed by atoms with Crippen molar-refractivity contribution >= 4 is 11.6 Å². The molecule has 2 heterocycles. The lowest BCUT2D eigenvalue weighted by atomic mass is 10.0. The number of nitrogens with zero attached hydrogens (tertiary/aromatic N) is 3. The van der Waals surface area contributed by atoms with Crippen molar-refractivity contribution in [2.45, 2.75) is 46.2 Å². The van der Waals surface area contributed by atoms with Crippen molar-refractivity contribution in [1.82, 2.24) is 15.6 Å². The molecule has 1 aromatic carbocycles. The average Bonchev–Trinajstić information content (AvgIpc) is 2.67. The number of nitrogens with one attached hydrogen (secondary N) is 2. The van der Waals surface area contributed by atoms with Gasteiger partial charge in [-0.2, -0.15) is 0 Å². The zero-order valence-electron chi connectivity index (χ0n) is 17.0. The molecule has 0 saturated carbocycles. The highest BCUT2D eigenvalue weighted by molar-refractivity contribution is 5.80. The van der Waals surface area contributed by atoms with Crippen molar-refractivity contribution in [2.75, 3.05) is 24.5 Å². The molecule has 6 heteroatoms. The van der Waals surface area contributed by atoms with Gasteiger partial charge in [-0.1, -0.05) is 6.07 Å². The predicted octanol–water partition coefficient (Wildman–Crippen LogP) is 3.56. The van der Waals surface area contributed by atoms with Gasteiger partial charge in [-0.05, 0) is 69.0 Å². The summed E-state index contributed by atoms with van der Waals surface area (Å²) >= 11 is 0. The molecule has 1 unspecified atom stereocenters. The number of piperidine rings is 1. The molecule has 2 N–H and O–H groups in total. The molecule has 0 amide bonds. The maximum atomic E-state index is 13.4. The van der Waals surface area contributed by atoms with Crippen LogP contribution in [0.25, 0.3) is 0 Å². The van der Waals surface area contributed by atoms with Gasteiger partial charge >= 0.3 is 0 Å². The van der Waals surface area contributed by atoms with Gasteiger partial charge in [0.05, 0.1) is 12.2 Å². The van der Waals surface area contributed by atoms with Crippen LogP contribution in [0.1, 0.15) is 36.6 Å². The van der Waals surface area contributed by atoms with E-state index in [4.69, 9.17) is 4.99 Å². The van der Waals surface area contributed by atoms with Crippen LogP contribution in [0.3, 0.4) is 0 Å². The quantitative estimate of drug-likeness (QED) is 0.612. The Morgan fingerprint density at radius 1 is 1.29 bits per heavy atom. The molecular weight excluding hydrogens is 353 g/mol. The highest BCUT2D eigenvalue weighted by atomic mass is 19.1. The standard InChI is InChI=1S/C22H30FN5/c1-4-24-22(26-14-20-16(2)7-5-11-25-20)27-19-8-6-12-28(15-19)21-10-9-18(23)13-17(21)3/h5,7,9-11,13,19H,4,6,8,12,14-15H2,1-3H3,(H2,24,26,27). The Labute approximate surface area is 167 Å². The van der Waals surface area contributed by atoms with Crippen LogP contribution >= 0.6 is 0 Å². The molecule has 5 nitrogen and oxygen atoms in total. The molecule has 0 aliphatic carbocycles. The van der Waals surface area contributed by atoms with E-state index in [2.05, 4.69) is 40.4 Å². The van der Waals surface area contributed by atoms with Gasteiger partial charge in [0.1, 0.15) is 5.82 Å². The van der Waals surface area contributed by atoms with E-state index in [1.807, 2.05) is 25.3 Å². The van der Waals surface area contributed by atoms with Gasteiger partial charge < -0.3 is 15.5 Å². The van der Waals surface area contributed by atoms with Crippen molar-refractivity contribution in [3.05, 3.63) is 59.2 Å². The lowest BCUT2D eigenvalue weighted by Crippen LogP contribution is -2.51. The summed E-state index contributed by atoms with van der Waals surface area (Å²) < 4.78 is 13.4. The van der Waals surface area contributed by atoms with Gasteiger partial charge in [-0.3, -0.25) is 4.98 Å². The minimum Gasteiger partial charge on any atom is -0.369 e. The third kappa shape index (κ3) is 5.21. The number of pyridine rings is 1. The van der Waals surface area contributed by atoms with E-state index in [-0.39, 0.29) is 5.82 Å². The highest BCUT2D eigenvalue weighted by Crippen LogP contribution is 2.24. The normalized spacial score (nSPS) is 17.5. The summed E-state index contributed by atoms with van der Waals surface area (Å²) in [6.07, 6.45) is 3.99. The van der Waals surface area contributed by atoms with E-state index in [1.54, 1.807) is 12.1 Å². The zero-order chi connectivity index (χ0) is 19.9. The maximum Gasteiger partial charge on any atom is 0.191 e. The van der Waals surface area contributed by atoms with E-state index in [0.29, 0.717) is 12.6 Å². The largest absolute Gasteiger partial charge is 0.369 e. The number of aromatic nitrogens is 1. The highest BCUT2D eigenvalue weighted by Gasteiger charge is 2.22. The molecule has 1 aliphatic heterocycles. The molecule has 1 aliphatic rings. The van der Waals surface area contributed by atoms with Crippen LogP contribution in [-0.4, -0.2) is 36.6 Å². The Hall–Kier alpha value is -2.63. The number of aliphatic imine (C=N–C) groups is 1. The second-order valence-electron chi connectivity index (χ2n) is 7.32. The number of guanidine groups is 1. The molecule has 0 radical (unpaired) electrons. The molecule has 2 aromatic rings. The van der Waals surface area contributed by atoms with Gasteiger partial charge in [0.25, 0.3) is 0 Å². The molecule has 0 spiro atoms. The van der Waals surface area contributed by atoms with Gasteiger partial charge in [-0.15, -0.1) is 0 Å². The summed E-state index contributed by atoms with van der Waals surface area (Å²) in [5.41, 5.74) is 4.23. The van der Waals surface area contributed by atoms with Crippen LogP contribution in [0.2, 0.25) is 0 Å². The van der Waals surface area contributed by atoms with Crippen LogP contribution in [0, 0.1) is 19.7 Å². The number of benzene rings is 1. The number of aryl methyl sites for hydroxylation is 2. The number of halogens is 1. The third-order valence-corrected chi connectivity index (χ3v) is 5.11. The summed E-state index contributed by atoms with van der Waals surface area (Å²) in [4.78, 5) is 11.5. The van der Waals surface area contributed by atoms with Gasteiger partial charge in [0.15, 0.2) is 5.96 Å². The van der Waals surface area contributed by atoms with Crippen molar-refractivity contribution in [3.8, 4) is 0 Å². The SMILES string of the molecule is CCNC(=NCc1ncccc1C)NC1CCCN(c2ccc(F)cc2C)C1. The molecule has 150 valence electrons. The first-order chi connectivity index (χ1) is 13.6. The number of hydrogen-bond donors (Lipinski definition) is 2. The fraction of sp³-hybridized carbons (Fsp3) is 0.455. The Balaban J connectivity index is 1.67. The Bertz CT molecular complexity index is 820. The van der Waals surface area contributed by atoms with Gasteiger partial charge in [0, 0.05) is 37.6 Å². The third-order valence-electron chi connectivity index (χ3n) is 5.11. The first-order valence-electron chi connectivity index (χ1n) is 10.0. The summed E-state index contributed by atoms with van der Waals surface area (Å²) in [5, 5.41) is 6.91.